The van der Waals surface area contributed by atoms with Crippen LogP contribution in [0.4, 0.5) is 0 Å². The normalized spacial score (nSPS) is 23.3. The zero-order valence-electron chi connectivity index (χ0n) is 14.1. The second-order valence-electron chi connectivity index (χ2n) is 6.05. The Balaban J connectivity index is 1.81. The van der Waals surface area contributed by atoms with Crippen LogP contribution in [0.1, 0.15) is 30.7 Å². The van der Waals surface area contributed by atoms with E-state index in [0.29, 0.717) is 17.5 Å². The number of carbonyl (C=O) groups excluding carboxylic acids is 2. The maximum atomic E-state index is 12.5. The summed E-state index contributed by atoms with van der Waals surface area (Å²) in [5.74, 6) is 1.16. The van der Waals surface area contributed by atoms with Gasteiger partial charge in [-0.1, -0.05) is 6.07 Å². The highest BCUT2D eigenvalue weighted by Crippen LogP contribution is 2.44. The first-order valence-electron chi connectivity index (χ1n) is 8.00. The molecule has 0 aromatic heterocycles. The van der Waals surface area contributed by atoms with Gasteiger partial charge in [-0.15, -0.1) is 11.8 Å². The molecule has 2 aliphatic rings. The summed E-state index contributed by atoms with van der Waals surface area (Å²) in [6.07, 6.45) is 2.06. The molecule has 0 radical (unpaired) electrons. The number of ether oxygens (including phenoxy) is 2. The van der Waals surface area contributed by atoms with Gasteiger partial charge in [-0.3, -0.25) is 9.59 Å². The number of hydrogen-bond donors (Lipinski definition) is 1. The molecule has 2 atom stereocenters. The summed E-state index contributed by atoms with van der Waals surface area (Å²) in [6.45, 7) is 1.96. The molecule has 1 aliphatic heterocycles. The summed E-state index contributed by atoms with van der Waals surface area (Å²) in [7, 11) is 3.17. The third kappa shape index (κ3) is 3.45. The molecule has 1 aromatic carbocycles. The van der Waals surface area contributed by atoms with Gasteiger partial charge in [0.25, 0.3) is 0 Å². The average Bonchev–Trinajstić information content (AvgIpc) is 3.35. The van der Waals surface area contributed by atoms with Crippen molar-refractivity contribution in [1.29, 1.82) is 0 Å². The topological polar surface area (TPSA) is 67.9 Å². The van der Waals surface area contributed by atoms with Gasteiger partial charge in [0.15, 0.2) is 11.5 Å². The number of rotatable bonds is 6. The maximum Gasteiger partial charge on any atom is 0.239 e. The third-order valence-electron chi connectivity index (χ3n) is 4.20. The van der Waals surface area contributed by atoms with Crippen LogP contribution in [0.25, 0.3) is 0 Å². The van der Waals surface area contributed by atoms with E-state index in [1.54, 1.807) is 30.9 Å². The molecule has 24 heavy (non-hydrogen) atoms. The highest BCUT2D eigenvalue weighted by Gasteiger charge is 2.40. The molecule has 2 fully saturated rings. The minimum atomic E-state index is -0.197. The molecule has 0 spiro atoms. The molecule has 130 valence electrons. The fourth-order valence-electron chi connectivity index (χ4n) is 2.76. The van der Waals surface area contributed by atoms with E-state index in [0.717, 1.165) is 18.4 Å². The highest BCUT2D eigenvalue weighted by atomic mass is 32.2. The van der Waals surface area contributed by atoms with E-state index < -0.39 is 0 Å². The van der Waals surface area contributed by atoms with Gasteiger partial charge in [0.1, 0.15) is 11.9 Å². The molecule has 0 unspecified atom stereocenters. The Bertz CT molecular complexity index is 647. The lowest BCUT2D eigenvalue weighted by Gasteiger charge is -2.24. The lowest BCUT2D eigenvalue weighted by atomic mass is 10.1. The van der Waals surface area contributed by atoms with Crippen LogP contribution >= 0.6 is 11.8 Å². The fourth-order valence-corrected chi connectivity index (χ4v) is 4.02. The fraction of sp³-hybridized carbons (Fsp3) is 0.529. The Morgan fingerprint density at radius 3 is 2.62 bits per heavy atom. The molecule has 1 aliphatic carbocycles. The summed E-state index contributed by atoms with van der Waals surface area (Å²) in [5.41, 5.74) is 0.926. The van der Waals surface area contributed by atoms with Gasteiger partial charge in [0.05, 0.1) is 19.5 Å². The van der Waals surface area contributed by atoms with Crippen molar-refractivity contribution in [3.05, 3.63) is 23.8 Å². The summed E-state index contributed by atoms with van der Waals surface area (Å²) >= 11 is 1.54. The molecule has 2 amide bonds. The second kappa shape index (κ2) is 6.93. The number of benzene rings is 1. The largest absolute Gasteiger partial charge is 0.493 e. The van der Waals surface area contributed by atoms with Crippen LogP contribution in [-0.4, -0.2) is 48.8 Å². The van der Waals surface area contributed by atoms with Gasteiger partial charge < -0.3 is 19.7 Å². The van der Waals surface area contributed by atoms with Gasteiger partial charge in [-0.25, -0.2) is 0 Å². The molecule has 1 saturated heterocycles. The Morgan fingerprint density at radius 1 is 1.29 bits per heavy atom. The number of carbonyl (C=O) groups is 2. The zero-order chi connectivity index (χ0) is 17.3. The second-order valence-corrected chi connectivity index (χ2v) is 7.48. The van der Waals surface area contributed by atoms with E-state index in [9.17, 15) is 9.59 Å². The predicted molar refractivity (Wildman–Crippen MR) is 92.2 cm³/mol. The summed E-state index contributed by atoms with van der Waals surface area (Å²) in [5, 5.41) is 2.58. The number of thioether (sulfide) groups is 1. The molecule has 7 heteroatoms. The molecule has 1 N–H and O–H groups in total. The van der Waals surface area contributed by atoms with E-state index in [-0.39, 0.29) is 29.0 Å². The van der Waals surface area contributed by atoms with Crippen molar-refractivity contribution in [3.63, 3.8) is 0 Å². The van der Waals surface area contributed by atoms with Crippen LogP contribution in [0.15, 0.2) is 18.2 Å². The Hall–Kier alpha value is -1.89. The van der Waals surface area contributed by atoms with Crippen LogP contribution in [0.3, 0.4) is 0 Å². The lowest BCUT2D eigenvalue weighted by Crippen LogP contribution is -2.40. The van der Waals surface area contributed by atoms with E-state index in [1.165, 1.54) is 0 Å². The van der Waals surface area contributed by atoms with Crippen molar-refractivity contribution in [2.75, 3.05) is 20.8 Å². The number of amides is 2. The zero-order valence-corrected chi connectivity index (χ0v) is 14.9. The third-order valence-corrected chi connectivity index (χ3v) is 5.59. The van der Waals surface area contributed by atoms with Gasteiger partial charge in [-0.05, 0) is 37.5 Å². The minimum absolute atomic E-state index is 0.00858. The van der Waals surface area contributed by atoms with Crippen molar-refractivity contribution in [3.8, 4) is 11.5 Å². The van der Waals surface area contributed by atoms with Crippen molar-refractivity contribution in [2.24, 2.45) is 0 Å². The first kappa shape index (κ1) is 17.0. The van der Waals surface area contributed by atoms with Crippen LogP contribution in [0.5, 0.6) is 11.5 Å². The number of nitrogens with one attached hydrogen (secondary N) is 1. The van der Waals surface area contributed by atoms with Crippen LogP contribution in [0.2, 0.25) is 0 Å². The van der Waals surface area contributed by atoms with Gasteiger partial charge >= 0.3 is 0 Å². The number of hydrogen-bond acceptors (Lipinski definition) is 5. The predicted octanol–water partition coefficient (Wildman–Crippen LogP) is 1.94. The maximum absolute atomic E-state index is 12.5. The van der Waals surface area contributed by atoms with Crippen LogP contribution < -0.4 is 14.8 Å². The summed E-state index contributed by atoms with van der Waals surface area (Å²) in [6, 6.07) is 5.90. The first-order valence-corrected chi connectivity index (χ1v) is 8.95. The Morgan fingerprint density at radius 2 is 2.00 bits per heavy atom. The van der Waals surface area contributed by atoms with E-state index in [1.807, 2.05) is 25.1 Å². The number of methoxy groups -OCH3 is 2. The highest BCUT2D eigenvalue weighted by molar-refractivity contribution is 8.01. The molecule has 0 bridgehead atoms. The van der Waals surface area contributed by atoms with Gasteiger partial charge in [0.2, 0.25) is 11.8 Å². The molecule has 3 rings (SSSR count). The Labute approximate surface area is 145 Å². The summed E-state index contributed by atoms with van der Waals surface area (Å²) < 4.78 is 10.6. The summed E-state index contributed by atoms with van der Waals surface area (Å²) in [4.78, 5) is 26.3. The quantitative estimate of drug-likeness (QED) is 0.849. The smallest absolute Gasteiger partial charge is 0.239 e. The van der Waals surface area contributed by atoms with Crippen LogP contribution in [-0.2, 0) is 9.59 Å². The van der Waals surface area contributed by atoms with Gasteiger partial charge in [0, 0.05) is 6.04 Å². The van der Waals surface area contributed by atoms with Crippen molar-refractivity contribution >= 4 is 23.6 Å². The first-order chi connectivity index (χ1) is 11.5. The van der Waals surface area contributed by atoms with Crippen molar-refractivity contribution in [2.45, 2.75) is 36.4 Å². The van der Waals surface area contributed by atoms with E-state index >= 15 is 0 Å². The van der Waals surface area contributed by atoms with E-state index in [4.69, 9.17) is 9.47 Å². The SMILES string of the molecule is COc1ccc([C@H]2S[C@H](C)C(=O)N2CC(=O)NC2CC2)cc1OC. The van der Waals surface area contributed by atoms with Gasteiger partial charge in [-0.2, -0.15) is 0 Å². The number of nitrogens with zero attached hydrogens (tertiary/aromatic N) is 1. The monoisotopic (exact) mass is 350 g/mol. The molecular formula is C17H22N2O4S. The minimum Gasteiger partial charge on any atom is -0.493 e. The average molecular weight is 350 g/mol. The molecular weight excluding hydrogens is 328 g/mol. The van der Waals surface area contributed by atoms with Crippen molar-refractivity contribution in [1.82, 2.24) is 10.2 Å². The molecule has 1 heterocycles. The molecule has 1 saturated carbocycles. The molecule has 1 aromatic rings. The Kier molecular flexibility index (Phi) is 4.89. The lowest BCUT2D eigenvalue weighted by molar-refractivity contribution is -0.135. The van der Waals surface area contributed by atoms with E-state index in [2.05, 4.69) is 5.32 Å². The van der Waals surface area contributed by atoms with Crippen LogP contribution in [0, 0.1) is 0 Å². The van der Waals surface area contributed by atoms with Crippen molar-refractivity contribution < 1.29 is 19.1 Å². The standard InChI is InChI=1S/C17H22N2O4S/c1-10-16(21)19(9-15(20)18-12-5-6-12)17(24-10)11-4-7-13(22-2)14(8-11)23-3/h4,7-8,10,12,17H,5-6,9H2,1-3H3,(H,18,20)/t10-,17-/m1/s1. The molecule has 6 nitrogen and oxygen atoms in total.